The van der Waals surface area contributed by atoms with Gasteiger partial charge in [0.2, 0.25) is 5.91 Å². The molecule has 164 valence electrons. The summed E-state index contributed by atoms with van der Waals surface area (Å²) >= 11 is 0. The van der Waals surface area contributed by atoms with E-state index < -0.39 is 0 Å². The van der Waals surface area contributed by atoms with E-state index in [9.17, 15) is 9.59 Å². The van der Waals surface area contributed by atoms with Gasteiger partial charge in [-0.05, 0) is 43.0 Å². The molecule has 7 nitrogen and oxygen atoms in total. The van der Waals surface area contributed by atoms with Gasteiger partial charge in [0.25, 0.3) is 5.91 Å². The molecule has 4 heterocycles. The zero-order valence-corrected chi connectivity index (χ0v) is 18.0. The number of amides is 2. The predicted octanol–water partition coefficient (Wildman–Crippen LogP) is 3.45. The highest BCUT2D eigenvalue weighted by molar-refractivity contribution is 5.94. The maximum Gasteiger partial charge on any atom is 0.255 e. The summed E-state index contributed by atoms with van der Waals surface area (Å²) in [7, 11) is 0. The van der Waals surface area contributed by atoms with Crippen LogP contribution in [-0.2, 0) is 11.3 Å². The van der Waals surface area contributed by atoms with Gasteiger partial charge >= 0.3 is 0 Å². The van der Waals surface area contributed by atoms with Gasteiger partial charge in [0.15, 0.2) is 5.82 Å². The summed E-state index contributed by atoms with van der Waals surface area (Å²) in [6.45, 7) is 1.26. The molecule has 0 bridgehead atoms. The first-order valence-electron chi connectivity index (χ1n) is 11.3. The average molecular weight is 430 g/mol. The number of pyridine rings is 1. The standard InChI is InChI=1S/C25H27N5O2/c31-24-10-5-4-9-21-22(29(24)18-19-7-2-1-3-8-19)13-16-28(21)25(32)20-11-12-23(26-17-20)30-15-6-14-27-30/h1-3,6-8,11-12,14-15,17,21-22H,4-5,9-10,13,16,18H2/t21-,22+/m1/s1. The number of carbonyl (C=O) groups excluding carboxylic acids is 2. The van der Waals surface area contributed by atoms with Crippen LogP contribution in [0.3, 0.4) is 0 Å². The molecule has 2 aliphatic heterocycles. The maximum absolute atomic E-state index is 13.4. The molecule has 0 spiro atoms. The fourth-order valence-corrected chi connectivity index (χ4v) is 4.96. The monoisotopic (exact) mass is 429 g/mol. The molecule has 1 aromatic carbocycles. The number of hydrogen-bond donors (Lipinski definition) is 0. The van der Waals surface area contributed by atoms with Crippen molar-refractivity contribution >= 4 is 11.8 Å². The van der Waals surface area contributed by atoms with Gasteiger partial charge in [-0.15, -0.1) is 0 Å². The van der Waals surface area contributed by atoms with Gasteiger partial charge in [-0.2, -0.15) is 5.10 Å². The second kappa shape index (κ2) is 8.94. The molecule has 7 heteroatoms. The summed E-state index contributed by atoms with van der Waals surface area (Å²) in [5, 5.41) is 4.18. The molecule has 0 N–H and O–H groups in total. The van der Waals surface area contributed by atoms with E-state index in [2.05, 4.69) is 22.2 Å². The minimum atomic E-state index is -0.00954. The van der Waals surface area contributed by atoms with Crippen LogP contribution in [0.2, 0.25) is 0 Å². The average Bonchev–Trinajstić information content (AvgIpc) is 3.50. The topological polar surface area (TPSA) is 71.3 Å². The first-order chi connectivity index (χ1) is 15.7. The van der Waals surface area contributed by atoms with Crippen molar-refractivity contribution in [3.63, 3.8) is 0 Å². The molecule has 2 amide bonds. The molecule has 5 rings (SSSR count). The smallest absolute Gasteiger partial charge is 0.255 e. The van der Waals surface area contributed by atoms with Crippen LogP contribution in [0.4, 0.5) is 0 Å². The zero-order valence-electron chi connectivity index (χ0n) is 18.0. The van der Waals surface area contributed by atoms with Crippen LogP contribution in [0.5, 0.6) is 0 Å². The molecule has 2 aromatic heterocycles. The quantitative estimate of drug-likeness (QED) is 0.637. The third kappa shape index (κ3) is 4.02. The summed E-state index contributed by atoms with van der Waals surface area (Å²) in [5.41, 5.74) is 1.70. The van der Waals surface area contributed by atoms with Crippen molar-refractivity contribution in [1.82, 2.24) is 24.6 Å². The number of fused-ring (bicyclic) bond motifs is 1. The van der Waals surface area contributed by atoms with Crippen LogP contribution < -0.4 is 0 Å². The number of rotatable bonds is 4. The number of likely N-dealkylation sites (tertiary alicyclic amines) is 2. The first-order valence-corrected chi connectivity index (χ1v) is 11.3. The molecule has 2 aliphatic rings. The largest absolute Gasteiger partial charge is 0.333 e. The number of benzene rings is 1. The Labute approximate surface area is 187 Å². The summed E-state index contributed by atoms with van der Waals surface area (Å²) in [6, 6.07) is 15.7. The van der Waals surface area contributed by atoms with Crippen LogP contribution >= 0.6 is 0 Å². The third-order valence-electron chi connectivity index (χ3n) is 6.56. The molecule has 32 heavy (non-hydrogen) atoms. The Morgan fingerprint density at radius 2 is 1.88 bits per heavy atom. The number of aromatic nitrogens is 3. The van der Waals surface area contributed by atoms with Gasteiger partial charge in [-0.3, -0.25) is 9.59 Å². The molecule has 2 saturated heterocycles. The van der Waals surface area contributed by atoms with Crippen LogP contribution in [0.25, 0.3) is 5.82 Å². The van der Waals surface area contributed by atoms with E-state index in [1.54, 1.807) is 17.1 Å². The van der Waals surface area contributed by atoms with Crippen molar-refractivity contribution < 1.29 is 9.59 Å². The molecule has 2 atom stereocenters. The molecular weight excluding hydrogens is 402 g/mol. The van der Waals surface area contributed by atoms with Crippen LogP contribution in [0.15, 0.2) is 67.1 Å². The van der Waals surface area contributed by atoms with Crippen molar-refractivity contribution in [2.45, 2.75) is 50.7 Å². The molecular formula is C25H27N5O2. The van der Waals surface area contributed by atoms with Gasteiger partial charge in [0.05, 0.1) is 17.6 Å². The van der Waals surface area contributed by atoms with Gasteiger partial charge in [-0.25, -0.2) is 9.67 Å². The number of hydrogen-bond acceptors (Lipinski definition) is 4. The lowest BCUT2D eigenvalue weighted by molar-refractivity contribution is -0.135. The summed E-state index contributed by atoms with van der Waals surface area (Å²) < 4.78 is 1.67. The molecule has 0 unspecified atom stereocenters. The Morgan fingerprint density at radius 1 is 1.00 bits per heavy atom. The van der Waals surface area contributed by atoms with Crippen LogP contribution in [0, 0.1) is 0 Å². The fraction of sp³-hybridized carbons (Fsp3) is 0.360. The van der Waals surface area contributed by atoms with Gasteiger partial charge in [0, 0.05) is 38.1 Å². The number of nitrogens with zero attached hydrogens (tertiary/aromatic N) is 5. The second-order valence-electron chi connectivity index (χ2n) is 8.53. The highest BCUT2D eigenvalue weighted by Gasteiger charge is 2.42. The zero-order chi connectivity index (χ0) is 21.9. The number of carbonyl (C=O) groups is 2. The van der Waals surface area contributed by atoms with E-state index in [4.69, 9.17) is 0 Å². The lowest BCUT2D eigenvalue weighted by atomic mass is 9.96. The summed E-state index contributed by atoms with van der Waals surface area (Å²) in [5.74, 6) is 0.865. The van der Waals surface area contributed by atoms with Crippen LogP contribution in [-0.4, -0.2) is 55.0 Å². The second-order valence-corrected chi connectivity index (χ2v) is 8.53. The van der Waals surface area contributed by atoms with Gasteiger partial charge < -0.3 is 9.80 Å². The SMILES string of the molecule is O=C(c1ccc(-n2cccn2)nc1)N1CC[C@H]2[C@H]1CCCCC(=O)N2Cc1ccccc1. The summed E-state index contributed by atoms with van der Waals surface area (Å²) in [4.78, 5) is 34.8. The van der Waals surface area contributed by atoms with Crippen molar-refractivity contribution in [3.8, 4) is 5.82 Å². The van der Waals surface area contributed by atoms with Gasteiger partial charge in [0.1, 0.15) is 0 Å². The Balaban J connectivity index is 1.36. The highest BCUT2D eigenvalue weighted by Crippen LogP contribution is 2.32. The fourth-order valence-electron chi connectivity index (χ4n) is 4.96. The Bertz CT molecular complexity index is 1070. The molecule has 0 radical (unpaired) electrons. The highest BCUT2D eigenvalue weighted by atomic mass is 16.2. The van der Waals surface area contributed by atoms with E-state index >= 15 is 0 Å². The lowest BCUT2D eigenvalue weighted by Gasteiger charge is -2.37. The van der Waals surface area contributed by atoms with Crippen molar-refractivity contribution in [3.05, 3.63) is 78.2 Å². The predicted molar refractivity (Wildman–Crippen MR) is 120 cm³/mol. The lowest BCUT2D eigenvalue weighted by Crippen LogP contribution is -2.49. The van der Waals surface area contributed by atoms with E-state index in [0.29, 0.717) is 30.9 Å². The minimum Gasteiger partial charge on any atom is -0.333 e. The van der Waals surface area contributed by atoms with E-state index in [1.165, 1.54) is 0 Å². The molecule has 2 fully saturated rings. The van der Waals surface area contributed by atoms with E-state index in [1.807, 2.05) is 52.4 Å². The summed E-state index contributed by atoms with van der Waals surface area (Å²) in [6.07, 6.45) is 9.30. The van der Waals surface area contributed by atoms with Crippen molar-refractivity contribution in [1.29, 1.82) is 0 Å². The molecule has 0 saturated carbocycles. The van der Waals surface area contributed by atoms with Gasteiger partial charge in [-0.1, -0.05) is 36.8 Å². The normalized spacial score (nSPS) is 21.2. The van der Waals surface area contributed by atoms with E-state index in [0.717, 1.165) is 31.2 Å². The molecule has 0 aliphatic carbocycles. The Hall–Kier alpha value is -3.48. The van der Waals surface area contributed by atoms with Crippen molar-refractivity contribution in [2.24, 2.45) is 0 Å². The van der Waals surface area contributed by atoms with Crippen LogP contribution in [0.1, 0.15) is 48.0 Å². The van der Waals surface area contributed by atoms with Crippen molar-refractivity contribution in [2.75, 3.05) is 6.54 Å². The maximum atomic E-state index is 13.4. The third-order valence-corrected chi connectivity index (χ3v) is 6.56. The molecule has 3 aromatic rings. The minimum absolute atomic E-state index is 0.00954. The Kier molecular flexibility index (Phi) is 5.71. The van der Waals surface area contributed by atoms with E-state index in [-0.39, 0.29) is 23.9 Å². The first kappa shape index (κ1) is 20.4. The Morgan fingerprint density at radius 3 is 2.62 bits per heavy atom.